The first kappa shape index (κ1) is 13.1. The molecule has 0 bridgehead atoms. The summed E-state index contributed by atoms with van der Waals surface area (Å²) in [5.41, 5.74) is 1.28. The van der Waals surface area contributed by atoms with Crippen LogP contribution in [0.25, 0.3) is 0 Å². The second-order valence-electron chi connectivity index (χ2n) is 5.33. The Bertz CT molecular complexity index is 370. The van der Waals surface area contributed by atoms with Gasteiger partial charge >= 0.3 is 0 Å². The van der Waals surface area contributed by atoms with Crippen LogP contribution in [0.1, 0.15) is 13.8 Å². The van der Waals surface area contributed by atoms with Crippen LogP contribution in [0.15, 0.2) is 18.3 Å². The topological polar surface area (TPSA) is 31.4 Å². The molecule has 0 spiro atoms. The van der Waals surface area contributed by atoms with Gasteiger partial charge < -0.3 is 10.2 Å². The average Bonchev–Trinajstić information content (AvgIpc) is 2.39. The fraction of sp³-hybridized carbons (Fsp3) is 0.643. The molecule has 1 saturated heterocycles. The van der Waals surface area contributed by atoms with Gasteiger partial charge in [-0.15, -0.1) is 0 Å². The highest BCUT2D eigenvalue weighted by Crippen LogP contribution is 2.19. The summed E-state index contributed by atoms with van der Waals surface area (Å²) in [7, 11) is 1.91. The minimum Gasteiger partial charge on any atom is -0.373 e. The van der Waals surface area contributed by atoms with Gasteiger partial charge in [-0.2, -0.15) is 0 Å². The smallest absolute Gasteiger partial charge is 0.127 e. The molecule has 4 heteroatoms. The number of aromatic nitrogens is 1. The minimum atomic E-state index is 0.758. The summed E-state index contributed by atoms with van der Waals surface area (Å²) in [5.74, 6) is 1.70. The summed E-state index contributed by atoms with van der Waals surface area (Å²) in [6.45, 7) is 10.3. The first-order chi connectivity index (χ1) is 8.69. The molecule has 1 aromatic rings. The zero-order chi connectivity index (χ0) is 13.0. The van der Waals surface area contributed by atoms with E-state index in [9.17, 15) is 0 Å². The fourth-order valence-corrected chi connectivity index (χ4v) is 2.46. The summed E-state index contributed by atoms with van der Waals surface area (Å²) in [6.07, 6.45) is 1.88. The highest BCUT2D eigenvalue weighted by molar-refractivity contribution is 5.53. The summed E-state index contributed by atoms with van der Waals surface area (Å²) in [5, 5.41) is 3.09. The van der Waals surface area contributed by atoms with Gasteiger partial charge in [-0.05, 0) is 12.0 Å². The summed E-state index contributed by atoms with van der Waals surface area (Å²) in [6, 6.07) is 4.22. The van der Waals surface area contributed by atoms with E-state index in [1.165, 1.54) is 12.2 Å². The number of pyridine rings is 1. The Morgan fingerprint density at radius 3 is 2.61 bits per heavy atom. The predicted molar refractivity (Wildman–Crippen MR) is 77.3 cm³/mol. The molecule has 0 unspecified atom stereocenters. The number of nitrogens with zero attached hydrogens (tertiary/aromatic N) is 3. The molecule has 1 N–H and O–H groups in total. The van der Waals surface area contributed by atoms with Crippen molar-refractivity contribution in [1.82, 2.24) is 9.88 Å². The summed E-state index contributed by atoms with van der Waals surface area (Å²) >= 11 is 0. The molecule has 18 heavy (non-hydrogen) atoms. The largest absolute Gasteiger partial charge is 0.373 e. The molecule has 0 saturated carbocycles. The van der Waals surface area contributed by atoms with E-state index in [4.69, 9.17) is 0 Å². The van der Waals surface area contributed by atoms with Crippen molar-refractivity contribution < 1.29 is 0 Å². The molecular weight excluding hydrogens is 224 g/mol. The standard InChI is InChI=1S/C14H24N4/c1-12(2)11-17-6-8-18(9-7-17)13-4-5-16-14(10-13)15-3/h4-5,10,12H,6-9,11H2,1-3H3,(H,15,16). The van der Waals surface area contributed by atoms with E-state index in [-0.39, 0.29) is 0 Å². The van der Waals surface area contributed by atoms with Crippen LogP contribution in [0, 0.1) is 5.92 Å². The highest BCUT2D eigenvalue weighted by atomic mass is 15.3. The van der Waals surface area contributed by atoms with Crippen LogP contribution >= 0.6 is 0 Å². The van der Waals surface area contributed by atoms with Crippen LogP contribution in [0.2, 0.25) is 0 Å². The van der Waals surface area contributed by atoms with Crippen molar-refractivity contribution in [3.8, 4) is 0 Å². The maximum Gasteiger partial charge on any atom is 0.127 e. The van der Waals surface area contributed by atoms with Gasteiger partial charge in [0.15, 0.2) is 0 Å². The molecule has 0 atom stereocenters. The van der Waals surface area contributed by atoms with Crippen molar-refractivity contribution in [2.45, 2.75) is 13.8 Å². The highest BCUT2D eigenvalue weighted by Gasteiger charge is 2.17. The molecule has 0 aliphatic carbocycles. The second kappa shape index (κ2) is 6.05. The Morgan fingerprint density at radius 1 is 1.28 bits per heavy atom. The van der Waals surface area contributed by atoms with Gasteiger partial charge in [0, 0.05) is 57.7 Å². The van der Waals surface area contributed by atoms with Gasteiger partial charge in [0.05, 0.1) is 0 Å². The number of anilines is 2. The molecule has 1 aromatic heterocycles. The van der Waals surface area contributed by atoms with Crippen molar-refractivity contribution in [3.63, 3.8) is 0 Å². The third-order valence-electron chi connectivity index (χ3n) is 3.36. The van der Waals surface area contributed by atoms with E-state index >= 15 is 0 Å². The minimum absolute atomic E-state index is 0.758. The second-order valence-corrected chi connectivity index (χ2v) is 5.33. The van der Waals surface area contributed by atoms with Crippen molar-refractivity contribution in [1.29, 1.82) is 0 Å². The first-order valence-electron chi connectivity index (χ1n) is 6.80. The monoisotopic (exact) mass is 248 g/mol. The molecule has 4 nitrogen and oxygen atoms in total. The molecule has 1 aliphatic heterocycles. The first-order valence-corrected chi connectivity index (χ1v) is 6.80. The van der Waals surface area contributed by atoms with E-state index in [1.54, 1.807) is 0 Å². The predicted octanol–water partition coefficient (Wildman–Crippen LogP) is 1.90. The van der Waals surface area contributed by atoms with Gasteiger partial charge in [-0.25, -0.2) is 4.98 Å². The number of rotatable bonds is 4. The van der Waals surface area contributed by atoms with Crippen LogP contribution in [0.4, 0.5) is 11.5 Å². The van der Waals surface area contributed by atoms with Gasteiger partial charge in [-0.1, -0.05) is 13.8 Å². The molecular formula is C14H24N4. The van der Waals surface area contributed by atoms with E-state index in [1.807, 2.05) is 13.2 Å². The molecule has 2 heterocycles. The maximum atomic E-state index is 4.26. The van der Waals surface area contributed by atoms with Gasteiger partial charge in [0.1, 0.15) is 5.82 Å². The molecule has 1 aliphatic rings. The lowest BCUT2D eigenvalue weighted by molar-refractivity contribution is 0.231. The fourth-order valence-electron chi connectivity index (χ4n) is 2.46. The third-order valence-corrected chi connectivity index (χ3v) is 3.36. The van der Waals surface area contributed by atoms with E-state index < -0.39 is 0 Å². The molecule has 100 valence electrons. The average molecular weight is 248 g/mol. The Kier molecular flexibility index (Phi) is 4.42. The zero-order valence-electron chi connectivity index (χ0n) is 11.7. The number of piperazine rings is 1. The Labute approximate surface area is 110 Å². The normalized spacial score (nSPS) is 17.2. The Balaban J connectivity index is 1.92. The maximum absolute atomic E-state index is 4.26. The van der Waals surface area contributed by atoms with Gasteiger partial charge in [-0.3, -0.25) is 4.90 Å². The van der Waals surface area contributed by atoms with Crippen molar-refractivity contribution in [2.24, 2.45) is 5.92 Å². The van der Waals surface area contributed by atoms with Crippen molar-refractivity contribution in [2.75, 3.05) is 50.0 Å². The van der Waals surface area contributed by atoms with E-state index in [2.05, 4.69) is 46.1 Å². The van der Waals surface area contributed by atoms with E-state index in [0.29, 0.717) is 0 Å². The molecule has 0 aromatic carbocycles. The lowest BCUT2D eigenvalue weighted by Crippen LogP contribution is -2.47. The summed E-state index contributed by atoms with van der Waals surface area (Å²) in [4.78, 5) is 9.26. The SMILES string of the molecule is CNc1cc(N2CCN(CC(C)C)CC2)ccn1. The van der Waals surface area contributed by atoms with Crippen molar-refractivity contribution in [3.05, 3.63) is 18.3 Å². The van der Waals surface area contributed by atoms with Gasteiger partial charge in [0.25, 0.3) is 0 Å². The lowest BCUT2D eigenvalue weighted by Gasteiger charge is -2.36. The molecule has 1 fully saturated rings. The number of hydrogen-bond acceptors (Lipinski definition) is 4. The van der Waals surface area contributed by atoms with Crippen LogP contribution < -0.4 is 10.2 Å². The quantitative estimate of drug-likeness (QED) is 0.882. The Morgan fingerprint density at radius 2 is 2.00 bits per heavy atom. The van der Waals surface area contributed by atoms with Crippen LogP contribution in [0.3, 0.4) is 0 Å². The number of nitrogens with one attached hydrogen (secondary N) is 1. The Hall–Kier alpha value is -1.29. The van der Waals surface area contributed by atoms with Gasteiger partial charge in [0.2, 0.25) is 0 Å². The summed E-state index contributed by atoms with van der Waals surface area (Å²) < 4.78 is 0. The van der Waals surface area contributed by atoms with Crippen LogP contribution in [-0.4, -0.2) is 49.7 Å². The zero-order valence-corrected chi connectivity index (χ0v) is 11.7. The van der Waals surface area contributed by atoms with Crippen LogP contribution in [0.5, 0.6) is 0 Å². The van der Waals surface area contributed by atoms with Crippen LogP contribution in [-0.2, 0) is 0 Å². The number of hydrogen-bond donors (Lipinski definition) is 1. The molecule has 0 radical (unpaired) electrons. The van der Waals surface area contributed by atoms with Crippen molar-refractivity contribution >= 4 is 11.5 Å². The third kappa shape index (κ3) is 3.35. The molecule has 2 rings (SSSR count). The lowest BCUT2D eigenvalue weighted by atomic mass is 10.2. The molecule has 0 amide bonds. The van der Waals surface area contributed by atoms with E-state index in [0.717, 1.165) is 37.9 Å².